The Labute approximate surface area is 147 Å². The number of urea groups is 1. The topological polar surface area (TPSA) is 79.4 Å². The molecule has 3 heterocycles. The molecule has 2 amide bonds. The van der Waals surface area contributed by atoms with Gasteiger partial charge in [0, 0.05) is 44.1 Å². The molecule has 1 saturated heterocycles. The van der Waals surface area contributed by atoms with Gasteiger partial charge in [-0.1, -0.05) is 6.07 Å². The minimum absolute atomic E-state index is 0.231. The van der Waals surface area contributed by atoms with Crippen LogP contribution in [0.3, 0.4) is 0 Å². The maximum absolute atomic E-state index is 12.0. The normalized spacial score (nSPS) is 13.6. The number of amides is 2. The van der Waals surface area contributed by atoms with E-state index < -0.39 is 0 Å². The molecule has 0 saturated carbocycles. The number of anilines is 1. The van der Waals surface area contributed by atoms with Gasteiger partial charge in [0.2, 0.25) is 5.88 Å². The average Bonchev–Trinajstić information content (AvgIpc) is 3.20. The summed E-state index contributed by atoms with van der Waals surface area (Å²) in [5.74, 6) is 1.50. The van der Waals surface area contributed by atoms with Crippen molar-refractivity contribution in [3.8, 4) is 5.88 Å². The fourth-order valence-electron chi connectivity index (χ4n) is 2.85. The quantitative estimate of drug-likeness (QED) is 0.841. The van der Waals surface area contributed by atoms with E-state index in [1.807, 2.05) is 24.3 Å². The number of nitrogens with one attached hydrogen (secondary N) is 2. The number of rotatable bonds is 6. The Hall–Kier alpha value is -2.83. The van der Waals surface area contributed by atoms with Crippen LogP contribution in [0.5, 0.6) is 5.88 Å². The minimum Gasteiger partial charge on any atom is -0.481 e. The molecule has 0 unspecified atom stereocenters. The van der Waals surface area contributed by atoms with Crippen LogP contribution in [-0.2, 0) is 13.1 Å². The minimum atomic E-state index is -0.231. The van der Waals surface area contributed by atoms with Crippen LogP contribution in [0.25, 0.3) is 0 Å². The lowest BCUT2D eigenvalue weighted by Crippen LogP contribution is -2.34. The van der Waals surface area contributed by atoms with Crippen molar-refractivity contribution >= 4 is 11.8 Å². The van der Waals surface area contributed by atoms with Gasteiger partial charge < -0.3 is 20.3 Å². The first kappa shape index (κ1) is 17.0. The molecule has 3 rings (SSSR count). The maximum Gasteiger partial charge on any atom is 0.315 e. The van der Waals surface area contributed by atoms with Gasteiger partial charge in [-0.15, -0.1) is 0 Å². The monoisotopic (exact) mass is 341 g/mol. The molecule has 0 aliphatic carbocycles. The first-order valence-electron chi connectivity index (χ1n) is 8.46. The predicted octanol–water partition coefficient (Wildman–Crippen LogP) is 2.08. The van der Waals surface area contributed by atoms with E-state index in [1.54, 1.807) is 19.5 Å². The summed E-state index contributed by atoms with van der Waals surface area (Å²) in [5, 5.41) is 5.68. The number of nitrogens with zero attached hydrogens (tertiary/aromatic N) is 3. The van der Waals surface area contributed by atoms with Crippen molar-refractivity contribution < 1.29 is 9.53 Å². The number of hydrogen-bond donors (Lipinski definition) is 2. The average molecular weight is 341 g/mol. The highest BCUT2D eigenvalue weighted by Crippen LogP contribution is 2.18. The summed E-state index contributed by atoms with van der Waals surface area (Å²) in [6, 6.07) is 7.41. The summed E-state index contributed by atoms with van der Waals surface area (Å²) in [6.07, 6.45) is 5.88. The van der Waals surface area contributed by atoms with Crippen LogP contribution in [0.1, 0.15) is 24.0 Å². The van der Waals surface area contributed by atoms with Crippen LogP contribution in [0.4, 0.5) is 10.6 Å². The second-order valence-corrected chi connectivity index (χ2v) is 5.92. The molecule has 2 aromatic heterocycles. The molecule has 25 heavy (non-hydrogen) atoms. The third-order valence-electron chi connectivity index (χ3n) is 4.18. The predicted molar refractivity (Wildman–Crippen MR) is 95.5 cm³/mol. The van der Waals surface area contributed by atoms with E-state index in [4.69, 9.17) is 4.74 Å². The van der Waals surface area contributed by atoms with Gasteiger partial charge in [0.1, 0.15) is 5.82 Å². The van der Waals surface area contributed by atoms with E-state index in [0.717, 1.165) is 30.0 Å². The Kier molecular flexibility index (Phi) is 5.66. The second kappa shape index (κ2) is 8.32. The Morgan fingerprint density at radius 3 is 2.76 bits per heavy atom. The Morgan fingerprint density at radius 1 is 1.16 bits per heavy atom. The molecule has 7 nitrogen and oxygen atoms in total. The van der Waals surface area contributed by atoms with Gasteiger partial charge in [-0.3, -0.25) is 0 Å². The molecule has 0 atom stereocenters. The van der Waals surface area contributed by atoms with E-state index in [-0.39, 0.29) is 6.03 Å². The van der Waals surface area contributed by atoms with Crippen molar-refractivity contribution in [2.45, 2.75) is 25.9 Å². The van der Waals surface area contributed by atoms with E-state index in [0.29, 0.717) is 19.0 Å². The number of ether oxygens (including phenoxy) is 1. The number of pyridine rings is 2. The largest absolute Gasteiger partial charge is 0.481 e. The van der Waals surface area contributed by atoms with Crippen LogP contribution in [-0.4, -0.2) is 36.2 Å². The van der Waals surface area contributed by atoms with Crippen LogP contribution in [0, 0.1) is 0 Å². The van der Waals surface area contributed by atoms with Crippen molar-refractivity contribution in [2.75, 3.05) is 25.1 Å². The molecular formula is C18H23N5O2. The number of hydrogen-bond acceptors (Lipinski definition) is 5. The fraction of sp³-hybridized carbons (Fsp3) is 0.389. The van der Waals surface area contributed by atoms with Crippen molar-refractivity contribution in [3.05, 3.63) is 47.8 Å². The summed E-state index contributed by atoms with van der Waals surface area (Å²) in [6.45, 7) is 2.92. The van der Waals surface area contributed by atoms with E-state index >= 15 is 0 Å². The van der Waals surface area contributed by atoms with Gasteiger partial charge in [-0.25, -0.2) is 14.8 Å². The van der Waals surface area contributed by atoms with E-state index in [9.17, 15) is 4.79 Å². The third kappa shape index (κ3) is 4.59. The highest BCUT2D eigenvalue weighted by molar-refractivity contribution is 5.73. The summed E-state index contributed by atoms with van der Waals surface area (Å²) in [5.41, 5.74) is 1.87. The first-order valence-corrected chi connectivity index (χ1v) is 8.46. The fourth-order valence-corrected chi connectivity index (χ4v) is 2.85. The third-order valence-corrected chi connectivity index (χ3v) is 4.18. The zero-order valence-corrected chi connectivity index (χ0v) is 14.4. The number of carbonyl (C=O) groups excluding carboxylic acids is 1. The number of methoxy groups -OCH3 is 1. The molecular weight excluding hydrogens is 318 g/mol. The molecule has 1 aliphatic heterocycles. The van der Waals surface area contributed by atoms with E-state index in [1.165, 1.54) is 12.8 Å². The first-order chi connectivity index (χ1) is 12.3. The Balaban J connectivity index is 1.49. The van der Waals surface area contributed by atoms with E-state index in [2.05, 4.69) is 25.5 Å². The van der Waals surface area contributed by atoms with Gasteiger partial charge >= 0.3 is 6.03 Å². The lowest BCUT2D eigenvalue weighted by Gasteiger charge is -2.17. The summed E-state index contributed by atoms with van der Waals surface area (Å²) < 4.78 is 5.17. The molecule has 132 valence electrons. The van der Waals surface area contributed by atoms with Crippen LogP contribution >= 0.6 is 0 Å². The Morgan fingerprint density at radius 2 is 1.96 bits per heavy atom. The standard InChI is InChI=1S/C18H23N5O2/c1-25-17-15(5-4-7-20-17)13-22-18(24)21-12-14-6-8-19-16(11-14)23-9-2-3-10-23/h4-8,11H,2-3,9-10,12-13H2,1H3,(H2,21,22,24). The number of aromatic nitrogens is 2. The highest BCUT2D eigenvalue weighted by Gasteiger charge is 2.13. The van der Waals surface area contributed by atoms with Crippen molar-refractivity contribution in [3.63, 3.8) is 0 Å². The molecule has 2 aromatic rings. The lowest BCUT2D eigenvalue weighted by molar-refractivity contribution is 0.240. The van der Waals surface area contributed by atoms with Gasteiger partial charge in [0.25, 0.3) is 0 Å². The summed E-state index contributed by atoms with van der Waals surface area (Å²) in [7, 11) is 1.56. The molecule has 7 heteroatoms. The van der Waals surface area contributed by atoms with Crippen molar-refractivity contribution in [1.82, 2.24) is 20.6 Å². The molecule has 0 aromatic carbocycles. The van der Waals surface area contributed by atoms with Crippen LogP contribution < -0.4 is 20.3 Å². The maximum atomic E-state index is 12.0. The highest BCUT2D eigenvalue weighted by atomic mass is 16.5. The summed E-state index contributed by atoms with van der Waals surface area (Å²) in [4.78, 5) is 22.8. The number of carbonyl (C=O) groups is 1. The van der Waals surface area contributed by atoms with Gasteiger partial charge in [0.05, 0.1) is 7.11 Å². The SMILES string of the molecule is COc1ncccc1CNC(=O)NCc1ccnc(N2CCCC2)c1. The van der Waals surface area contributed by atoms with Gasteiger partial charge in [0.15, 0.2) is 0 Å². The smallest absolute Gasteiger partial charge is 0.315 e. The molecule has 1 fully saturated rings. The zero-order chi connectivity index (χ0) is 17.5. The Bertz CT molecular complexity index is 716. The van der Waals surface area contributed by atoms with Gasteiger partial charge in [-0.2, -0.15) is 0 Å². The van der Waals surface area contributed by atoms with Gasteiger partial charge in [-0.05, 0) is 36.6 Å². The lowest BCUT2D eigenvalue weighted by atomic mass is 10.2. The van der Waals surface area contributed by atoms with Crippen molar-refractivity contribution in [2.24, 2.45) is 0 Å². The van der Waals surface area contributed by atoms with Crippen LogP contribution in [0.2, 0.25) is 0 Å². The molecule has 0 radical (unpaired) electrons. The molecule has 2 N–H and O–H groups in total. The second-order valence-electron chi connectivity index (χ2n) is 5.92. The van der Waals surface area contributed by atoms with Crippen LogP contribution in [0.15, 0.2) is 36.7 Å². The molecule has 0 spiro atoms. The zero-order valence-electron chi connectivity index (χ0n) is 14.4. The molecule has 0 bridgehead atoms. The summed E-state index contributed by atoms with van der Waals surface area (Å²) >= 11 is 0. The molecule has 1 aliphatic rings. The van der Waals surface area contributed by atoms with Crippen molar-refractivity contribution in [1.29, 1.82) is 0 Å².